The number of hydrogen-bond donors (Lipinski definition) is 0. The predicted octanol–water partition coefficient (Wildman–Crippen LogP) is 5.92. The molecule has 2 heteroatoms. The molecule has 0 saturated heterocycles. The molecular formula is C24H14N2. The molecule has 0 aliphatic rings. The van der Waals surface area contributed by atoms with Gasteiger partial charge >= 0.3 is 0 Å². The quantitative estimate of drug-likeness (QED) is 0.458. The second-order valence-electron chi connectivity index (χ2n) is 6.09. The molecule has 0 heterocycles. The van der Waals surface area contributed by atoms with Crippen molar-refractivity contribution in [2.24, 2.45) is 0 Å². The van der Waals surface area contributed by atoms with Gasteiger partial charge < -0.3 is 0 Å². The Hall–Kier alpha value is -3.88. The van der Waals surface area contributed by atoms with Gasteiger partial charge in [-0.2, -0.15) is 10.5 Å². The van der Waals surface area contributed by atoms with Crippen LogP contribution in [0.4, 0.5) is 0 Å². The minimum Gasteiger partial charge on any atom is -0.192 e. The largest absolute Gasteiger partial charge is 0.192 e. The Morgan fingerprint density at radius 1 is 0.500 bits per heavy atom. The van der Waals surface area contributed by atoms with Gasteiger partial charge in [-0.1, -0.05) is 60.7 Å². The van der Waals surface area contributed by atoms with Crippen molar-refractivity contribution in [3.05, 3.63) is 96.1 Å². The Morgan fingerprint density at radius 3 is 1.31 bits per heavy atom. The van der Waals surface area contributed by atoms with Gasteiger partial charge in [0.2, 0.25) is 0 Å². The van der Waals surface area contributed by atoms with E-state index in [9.17, 15) is 0 Å². The van der Waals surface area contributed by atoms with Crippen molar-refractivity contribution in [2.45, 2.75) is 0 Å². The lowest BCUT2D eigenvalue weighted by Crippen LogP contribution is -1.87. The van der Waals surface area contributed by atoms with E-state index in [1.165, 1.54) is 5.39 Å². The monoisotopic (exact) mass is 330 g/mol. The fourth-order valence-corrected chi connectivity index (χ4v) is 3.27. The molecular weight excluding hydrogens is 316 g/mol. The SMILES string of the molecule is N#Cc1ccc(-c2cccc3cccc(-c4ccc(C#N)cc4)c23)cc1. The van der Waals surface area contributed by atoms with Gasteiger partial charge in [-0.3, -0.25) is 0 Å². The fraction of sp³-hybridized carbons (Fsp3) is 0. The standard InChI is InChI=1S/C24H14N2/c25-15-17-7-11-19(12-8-17)22-5-1-3-21-4-2-6-23(24(21)22)20-13-9-18(16-26)10-14-20/h1-14H. The van der Waals surface area contributed by atoms with Crippen LogP contribution < -0.4 is 0 Å². The summed E-state index contributed by atoms with van der Waals surface area (Å²) in [4.78, 5) is 0. The molecule has 0 unspecified atom stereocenters. The maximum atomic E-state index is 9.03. The second kappa shape index (κ2) is 6.55. The summed E-state index contributed by atoms with van der Waals surface area (Å²) in [5, 5.41) is 20.4. The lowest BCUT2D eigenvalue weighted by atomic mass is 9.91. The molecule has 0 spiro atoms. The molecule has 0 amide bonds. The third kappa shape index (κ3) is 2.71. The summed E-state index contributed by atoms with van der Waals surface area (Å²) in [7, 11) is 0. The first-order chi connectivity index (χ1) is 12.8. The lowest BCUT2D eigenvalue weighted by Gasteiger charge is -2.13. The van der Waals surface area contributed by atoms with E-state index >= 15 is 0 Å². The first kappa shape index (κ1) is 15.6. The van der Waals surface area contributed by atoms with Gasteiger partial charge in [0.1, 0.15) is 0 Å². The van der Waals surface area contributed by atoms with Crippen molar-refractivity contribution in [1.29, 1.82) is 10.5 Å². The number of hydrogen-bond acceptors (Lipinski definition) is 2. The van der Waals surface area contributed by atoms with Crippen molar-refractivity contribution in [1.82, 2.24) is 0 Å². The number of fused-ring (bicyclic) bond motifs is 1. The average molecular weight is 330 g/mol. The number of nitriles is 2. The van der Waals surface area contributed by atoms with Crippen LogP contribution in [0.2, 0.25) is 0 Å². The zero-order valence-electron chi connectivity index (χ0n) is 14.0. The molecule has 0 bridgehead atoms. The molecule has 4 aromatic rings. The molecule has 0 radical (unpaired) electrons. The van der Waals surface area contributed by atoms with Crippen molar-refractivity contribution in [3.63, 3.8) is 0 Å². The van der Waals surface area contributed by atoms with Crippen LogP contribution in [0, 0.1) is 22.7 Å². The molecule has 0 aliphatic heterocycles. The zero-order valence-corrected chi connectivity index (χ0v) is 14.0. The van der Waals surface area contributed by atoms with Gasteiger partial charge in [0.15, 0.2) is 0 Å². The van der Waals surface area contributed by atoms with Gasteiger partial charge in [-0.15, -0.1) is 0 Å². The lowest BCUT2D eigenvalue weighted by molar-refractivity contribution is 1.48. The summed E-state index contributed by atoms with van der Waals surface area (Å²) in [6.07, 6.45) is 0. The first-order valence-electron chi connectivity index (χ1n) is 8.33. The van der Waals surface area contributed by atoms with Gasteiger partial charge in [0.05, 0.1) is 23.3 Å². The highest BCUT2D eigenvalue weighted by Crippen LogP contribution is 2.36. The van der Waals surface area contributed by atoms with Crippen LogP contribution in [-0.4, -0.2) is 0 Å². The summed E-state index contributed by atoms with van der Waals surface area (Å²) >= 11 is 0. The van der Waals surface area contributed by atoms with Crippen LogP contribution in [0.15, 0.2) is 84.9 Å². The summed E-state index contributed by atoms with van der Waals surface area (Å²) in [6, 6.07) is 32.2. The summed E-state index contributed by atoms with van der Waals surface area (Å²) in [5.41, 5.74) is 5.73. The Bertz CT molecular complexity index is 1080. The topological polar surface area (TPSA) is 47.6 Å². The average Bonchev–Trinajstić information content (AvgIpc) is 2.73. The highest BCUT2D eigenvalue weighted by atomic mass is 14.2. The van der Waals surface area contributed by atoms with Gasteiger partial charge in [-0.05, 0) is 57.3 Å². The van der Waals surface area contributed by atoms with Crippen molar-refractivity contribution in [3.8, 4) is 34.4 Å². The first-order valence-corrected chi connectivity index (χ1v) is 8.33. The second-order valence-corrected chi connectivity index (χ2v) is 6.09. The minimum atomic E-state index is 0.654. The van der Waals surface area contributed by atoms with E-state index < -0.39 is 0 Å². The molecule has 0 aliphatic carbocycles. The van der Waals surface area contributed by atoms with Gasteiger partial charge in [0, 0.05) is 0 Å². The molecule has 0 fully saturated rings. The highest BCUT2D eigenvalue weighted by Gasteiger charge is 2.10. The summed E-state index contributed by atoms with van der Waals surface area (Å²) in [5.74, 6) is 0. The maximum absolute atomic E-state index is 9.03. The number of rotatable bonds is 2. The van der Waals surface area contributed by atoms with E-state index in [-0.39, 0.29) is 0 Å². The molecule has 2 nitrogen and oxygen atoms in total. The molecule has 0 saturated carbocycles. The third-order valence-electron chi connectivity index (χ3n) is 4.55. The molecule has 26 heavy (non-hydrogen) atoms. The molecule has 120 valence electrons. The third-order valence-corrected chi connectivity index (χ3v) is 4.55. The fourth-order valence-electron chi connectivity index (χ4n) is 3.27. The maximum Gasteiger partial charge on any atom is 0.0991 e. The Labute approximate surface area is 152 Å². The Morgan fingerprint density at radius 2 is 0.923 bits per heavy atom. The normalized spacial score (nSPS) is 10.2. The van der Waals surface area contributed by atoms with E-state index in [0.717, 1.165) is 27.6 Å². The van der Waals surface area contributed by atoms with Crippen LogP contribution in [0.1, 0.15) is 11.1 Å². The molecule has 0 aromatic heterocycles. The van der Waals surface area contributed by atoms with Crippen LogP contribution in [0.5, 0.6) is 0 Å². The smallest absolute Gasteiger partial charge is 0.0991 e. The van der Waals surface area contributed by atoms with Crippen LogP contribution in [-0.2, 0) is 0 Å². The molecule has 0 atom stereocenters. The van der Waals surface area contributed by atoms with E-state index in [0.29, 0.717) is 11.1 Å². The van der Waals surface area contributed by atoms with Crippen molar-refractivity contribution >= 4 is 10.8 Å². The number of benzene rings is 4. The van der Waals surface area contributed by atoms with E-state index in [1.807, 2.05) is 48.5 Å². The van der Waals surface area contributed by atoms with Crippen molar-refractivity contribution < 1.29 is 0 Å². The summed E-state index contributed by atoms with van der Waals surface area (Å²) in [6.45, 7) is 0. The van der Waals surface area contributed by atoms with E-state index in [4.69, 9.17) is 10.5 Å². The molecule has 0 N–H and O–H groups in total. The van der Waals surface area contributed by atoms with Crippen molar-refractivity contribution in [2.75, 3.05) is 0 Å². The minimum absolute atomic E-state index is 0.654. The van der Waals surface area contributed by atoms with E-state index in [1.54, 1.807) is 0 Å². The van der Waals surface area contributed by atoms with Crippen LogP contribution in [0.3, 0.4) is 0 Å². The van der Waals surface area contributed by atoms with Crippen LogP contribution >= 0.6 is 0 Å². The van der Waals surface area contributed by atoms with E-state index in [2.05, 4.69) is 48.5 Å². The highest BCUT2D eigenvalue weighted by molar-refractivity contribution is 6.06. The predicted molar refractivity (Wildman–Crippen MR) is 104 cm³/mol. The van der Waals surface area contributed by atoms with Gasteiger partial charge in [0.25, 0.3) is 0 Å². The Balaban J connectivity index is 1.97. The molecule has 4 rings (SSSR count). The number of nitrogens with zero attached hydrogens (tertiary/aromatic N) is 2. The van der Waals surface area contributed by atoms with Gasteiger partial charge in [-0.25, -0.2) is 0 Å². The summed E-state index contributed by atoms with van der Waals surface area (Å²) < 4.78 is 0. The van der Waals surface area contributed by atoms with Crippen LogP contribution in [0.25, 0.3) is 33.0 Å². The molecule has 4 aromatic carbocycles. The zero-order chi connectivity index (χ0) is 17.9. The Kier molecular flexibility index (Phi) is 3.94.